The standard InChI is InChI=1S/C22H24N4O.HI/c1-2-23-22(26-15-19-13-17-7-3-4-11-20(17)27-19)25-14-18-9-5-8-16-10-6-12-24-21(16)18;/h3-12,19H,2,13-15H2,1H3,(H2,23,25,26);1H. The molecule has 1 unspecified atom stereocenters. The minimum absolute atomic E-state index is 0. The van der Waals surface area contributed by atoms with Crippen molar-refractivity contribution in [1.29, 1.82) is 0 Å². The van der Waals surface area contributed by atoms with E-state index in [-0.39, 0.29) is 30.1 Å². The van der Waals surface area contributed by atoms with Crippen LogP contribution in [0.25, 0.3) is 10.9 Å². The third-order valence-corrected chi connectivity index (χ3v) is 4.68. The maximum Gasteiger partial charge on any atom is 0.191 e. The minimum atomic E-state index is 0. The topological polar surface area (TPSA) is 58.5 Å². The van der Waals surface area contributed by atoms with Crippen molar-refractivity contribution in [2.24, 2.45) is 4.99 Å². The van der Waals surface area contributed by atoms with Crippen LogP contribution in [0.4, 0.5) is 0 Å². The quantitative estimate of drug-likeness (QED) is 0.325. The fraction of sp³-hybridized carbons (Fsp3) is 0.273. The normalized spacial score (nSPS) is 15.5. The highest BCUT2D eigenvalue weighted by atomic mass is 127. The number of pyridine rings is 1. The molecule has 0 aliphatic carbocycles. The van der Waals surface area contributed by atoms with Gasteiger partial charge in [-0.05, 0) is 30.2 Å². The molecule has 3 aromatic rings. The monoisotopic (exact) mass is 488 g/mol. The van der Waals surface area contributed by atoms with Crippen molar-refractivity contribution >= 4 is 40.8 Å². The van der Waals surface area contributed by atoms with E-state index in [9.17, 15) is 0 Å². The number of aromatic nitrogens is 1. The predicted octanol–water partition coefficient (Wildman–Crippen LogP) is 3.91. The lowest BCUT2D eigenvalue weighted by molar-refractivity contribution is 0.235. The van der Waals surface area contributed by atoms with E-state index < -0.39 is 0 Å². The van der Waals surface area contributed by atoms with Crippen LogP contribution < -0.4 is 15.4 Å². The summed E-state index contributed by atoms with van der Waals surface area (Å²) in [6.07, 6.45) is 2.88. The molecule has 4 rings (SSSR count). The number of fused-ring (bicyclic) bond motifs is 2. The Morgan fingerprint density at radius 3 is 2.82 bits per heavy atom. The van der Waals surface area contributed by atoms with Crippen LogP contribution in [0.5, 0.6) is 5.75 Å². The van der Waals surface area contributed by atoms with Crippen LogP contribution >= 0.6 is 24.0 Å². The van der Waals surface area contributed by atoms with Crippen molar-refractivity contribution in [2.45, 2.75) is 26.0 Å². The molecule has 0 spiro atoms. The van der Waals surface area contributed by atoms with Crippen molar-refractivity contribution in [3.63, 3.8) is 0 Å². The summed E-state index contributed by atoms with van der Waals surface area (Å²) in [5, 5.41) is 7.86. The molecule has 2 heterocycles. The van der Waals surface area contributed by atoms with E-state index in [4.69, 9.17) is 9.73 Å². The molecule has 6 heteroatoms. The van der Waals surface area contributed by atoms with Crippen molar-refractivity contribution in [2.75, 3.05) is 13.1 Å². The van der Waals surface area contributed by atoms with Gasteiger partial charge in [-0.25, -0.2) is 4.99 Å². The molecule has 1 aliphatic heterocycles. The van der Waals surface area contributed by atoms with E-state index in [0.717, 1.165) is 41.1 Å². The number of para-hydroxylation sites is 2. The number of nitrogens with one attached hydrogen (secondary N) is 2. The van der Waals surface area contributed by atoms with Crippen molar-refractivity contribution in [3.05, 3.63) is 71.9 Å². The number of halogens is 1. The molecule has 0 saturated heterocycles. The first-order chi connectivity index (χ1) is 13.3. The Morgan fingerprint density at radius 1 is 1.11 bits per heavy atom. The van der Waals surface area contributed by atoms with Crippen LogP contribution in [0.2, 0.25) is 0 Å². The molecule has 2 N–H and O–H groups in total. The van der Waals surface area contributed by atoms with E-state index in [1.165, 1.54) is 5.56 Å². The van der Waals surface area contributed by atoms with Gasteiger partial charge in [0.15, 0.2) is 5.96 Å². The van der Waals surface area contributed by atoms with Crippen LogP contribution in [0.15, 0.2) is 65.8 Å². The highest BCUT2D eigenvalue weighted by Gasteiger charge is 2.22. The maximum absolute atomic E-state index is 6.00. The molecule has 0 fully saturated rings. The Hall–Kier alpha value is -2.35. The lowest BCUT2D eigenvalue weighted by Crippen LogP contribution is -2.42. The summed E-state index contributed by atoms with van der Waals surface area (Å²) in [4.78, 5) is 9.25. The lowest BCUT2D eigenvalue weighted by Gasteiger charge is -2.15. The Kier molecular flexibility index (Phi) is 7.08. The molecule has 1 atom stereocenters. The summed E-state index contributed by atoms with van der Waals surface area (Å²) in [6.45, 7) is 4.17. The molecular formula is C22H25IN4O. The first-order valence-corrected chi connectivity index (χ1v) is 9.43. The molecule has 0 amide bonds. The zero-order valence-corrected chi connectivity index (χ0v) is 18.2. The molecule has 28 heavy (non-hydrogen) atoms. The van der Waals surface area contributed by atoms with E-state index in [1.54, 1.807) is 0 Å². The fourth-order valence-corrected chi connectivity index (χ4v) is 3.38. The Morgan fingerprint density at radius 2 is 1.96 bits per heavy atom. The molecule has 0 saturated carbocycles. The minimum Gasteiger partial charge on any atom is -0.488 e. The van der Waals surface area contributed by atoms with Gasteiger partial charge in [0.25, 0.3) is 0 Å². The second-order valence-electron chi connectivity index (χ2n) is 6.62. The van der Waals surface area contributed by atoms with Gasteiger partial charge in [-0.1, -0.05) is 42.5 Å². The van der Waals surface area contributed by atoms with E-state index >= 15 is 0 Å². The average Bonchev–Trinajstić information content (AvgIpc) is 3.13. The van der Waals surface area contributed by atoms with E-state index in [0.29, 0.717) is 13.1 Å². The van der Waals surface area contributed by atoms with Crippen molar-refractivity contribution in [1.82, 2.24) is 15.6 Å². The van der Waals surface area contributed by atoms with Crippen molar-refractivity contribution < 1.29 is 4.74 Å². The van der Waals surface area contributed by atoms with Crippen LogP contribution in [-0.2, 0) is 13.0 Å². The molecule has 5 nitrogen and oxygen atoms in total. The molecule has 146 valence electrons. The fourth-order valence-electron chi connectivity index (χ4n) is 3.38. The lowest BCUT2D eigenvalue weighted by atomic mass is 10.1. The maximum atomic E-state index is 6.00. The Bertz CT molecular complexity index is 930. The van der Waals surface area contributed by atoms with Crippen LogP contribution in [0.3, 0.4) is 0 Å². The Labute approximate surface area is 182 Å². The van der Waals surface area contributed by atoms with Gasteiger partial charge in [-0.2, -0.15) is 0 Å². The summed E-state index contributed by atoms with van der Waals surface area (Å²) in [5.74, 6) is 1.79. The van der Waals surface area contributed by atoms with Crippen LogP contribution in [0.1, 0.15) is 18.1 Å². The second-order valence-corrected chi connectivity index (χ2v) is 6.62. The highest BCUT2D eigenvalue weighted by molar-refractivity contribution is 14.0. The number of hydrogen-bond acceptors (Lipinski definition) is 3. The smallest absolute Gasteiger partial charge is 0.191 e. The molecular weight excluding hydrogens is 463 g/mol. The van der Waals surface area contributed by atoms with Gasteiger partial charge < -0.3 is 15.4 Å². The van der Waals surface area contributed by atoms with Gasteiger partial charge in [-0.3, -0.25) is 4.98 Å². The molecule has 1 aromatic heterocycles. The van der Waals surface area contributed by atoms with Crippen LogP contribution in [-0.4, -0.2) is 30.1 Å². The third kappa shape index (κ3) is 4.73. The predicted molar refractivity (Wildman–Crippen MR) is 125 cm³/mol. The molecule has 1 aliphatic rings. The molecule has 0 bridgehead atoms. The van der Waals surface area contributed by atoms with Gasteiger partial charge >= 0.3 is 0 Å². The van der Waals surface area contributed by atoms with Gasteiger partial charge in [0.2, 0.25) is 0 Å². The summed E-state index contributed by atoms with van der Waals surface area (Å²) < 4.78 is 6.00. The molecule has 0 radical (unpaired) electrons. The summed E-state index contributed by atoms with van der Waals surface area (Å²) >= 11 is 0. The first-order valence-electron chi connectivity index (χ1n) is 9.43. The second kappa shape index (κ2) is 9.73. The third-order valence-electron chi connectivity index (χ3n) is 4.68. The summed E-state index contributed by atoms with van der Waals surface area (Å²) in [5.41, 5.74) is 3.40. The average molecular weight is 488 g/mol. The van der Waals surface area contributed by atoms with Gasteiger partial charge in [0, 0.05) is 24.5 Å². The SMILES string of the molecule is CCNC(=NCc1cccc2cccnc12)NCC1Cc2ccccc2O1.I. The number of ether oxygens (including phenoxy) is 1. The Balaban J connectivity index is 0.00000225. The summed E-state index contributed by atoms with van der Waals surface area (Å²) in [7, 11) is 0. The van der Waals surface area contributed by atoms with Gasteiger partial charge in [-0.15, -0.1) is 24.0 Å². The largest absolute Gasteiger partial charge is 0.488 e. The number of rotatable bonds is 5. The van der Waals surface area contributed by atoms with Gasteiger partial charge in [0.1, 0.15) is 11.9 Å². The number of aliphatic imine (C=N–C) groups is 1. The number of nitrogens with zero attached hydrogens (tertiary/aromatic N) is 2. The zero-order chi connectivity index (χ0) is 18.5. The van der Waals surface area contributed by atoms with Gasteiger partial charge in [0.05, 0.1) is 18.6 Å². The van der Waals surface area contributed by atoms with Crippen molar-refractivity contribution in [3.8, 4) is 5.75 Å². The number of guanidine groups is 1. The zero-order valence-electron chi connectivity index (χ0n) is 15.9. The number of benzene rings is 2. The van der Waals surface area contributed by atoms with E-state index in [2.05, 4.69) is 58.9 Å². The highest BCUT2D eigenvalue weighted by Crippen LogP contribution is 2.27. The molecule has 2 aromatic carbocycles. The van der Waals surface area contributed by atoms with Crippen LogP contribution in [0, 0.1) is 0 Å². The summed E-state index contributed by atoms with van der Waals surface area (Å²) in [6, 6.07) is 18.5. The van der Waals surface area contributed by atoms with E-state index in [1.807, 2.05) is 24.4 Å². The first kappa shape index (κ1) is 20.4. The number of hydrogen-bond donors (Lipinski definition) is 2.